The van der Waals surface area contributed by atoms with Crippen LogP contribution in [-0.4, -0.2) is 45.9 Å². The van der Waals surface area contributed by atoms with Gasteiger partial charge in [-0.1, -0.05) is 18.2 Å². The van der Waals surface area contributed by atoms with Crippen LogP contribution in [0, 0.1) is 0 Å². The number of rotatable bonds is 2. The molecule has 1 aliphatic rings. The van der Waals surface area contributed by atoms with Gasteiger partial charge in [-0.05, 0) is 24.3 Å². The Morgan fingerprint density at radius 2 is 1.69 bits per heavy atom. The smallest absolute Gasteiger partial charge is 0.378 e. The van der Waals surface area contributed by atoms with Gasteiger partial charge >= 0.3 is 6.18 Å². The number of pyridine rings is 1. The first kappa shape index (κ1) is 17.9. The molecule has 0 N–H and O–H groups in total. The van der Waals surface area contributed by atoms with E-state index >= 15 is 0 Å². The zero-order valence-electron chi connectivity index (χ0n) is 15.2. The van der Waals surface area contributed by atoms with E-state index in [9.17, 15) is 13.2 Å². The van der Waals surface area contributed by atoms with Gasteiger partial charge in [0.05, 0.1) is 29.7 Å². The molecule has 6 nitrogen and oxygen atoms in total. The molecule has 1 fully saturated rings. The molecule has 4 heterocycles. The van der Waals surface area contributed by atoms with Crippen molar-refractivity contribution in [1.29, 1.82) is 0 Å². The largest absolute Gasteiger partial charge is 0.416 e. The van der Waals surface area contributed by atoms with Crippen LogP contribution in [-0.2, 0) is 10.9 Å². The third-order valence-corrected chi connectivity index (χ3v) is 4.95. The second kappa shape index (κ2) is 6.70. The number of fused-ring (bicyclic) bond motifs is 3. The summed E-state index contributed by atoms with van der Waals surface area (Å²) in [5.74, 6) is 1.06. The Balaban J connectivity index is 1.69. The number of aromatic nitrogens is 4. The zero-order chi connectivity index (χ0) is 20.0. The minimum atomic E-state index is -4.39. The minimum Gasteiger partial charge on any atom is -0.378 e. The van der Waals surface area contributed by atoms with E-state index in [2.05, 4.69) is 15.0 Å². The highest BCUT2D eigenvalue weighted by Crippen LogP contribution is 2.33. The van der Waals surface area contributed by atoms with Crippen molar-refractivity contribution in [2.45, 2.75) is 6.18 Å². The van der Waals surface area contributed by atoms with Crippen molar-refractivity contribution in [1.82, 2.24) is 19.6 Å². The lowest BCUT2D eigenvalue weighted by atomic mass is 10.1. The van der Waals surface area contributed by atoms with Crippen LogP contribution in [0.4, 0.5) is 19.0 Å². The van der Waals surface area contributed by atoms with Crippen LogP contribution >= 0.6 is 0 Å². The monoisotopic (exact) mass is 399 g/mol. The number of alkyl halides is 3. The molecule has 0 atom stereocenters. The number of nitrogens with zero attached hydrogens (tertiary/aromatic N) is 5. The molecule has 0 radical (unpaired) electrons. The van der Waals surface area contributed by atoms with Gasteiger partial charge in [0.15, 0.2) is 11.5 Å². The lowest BCUT2D eigenvalue weighted by Crippen LogP contribution is -2.37. The van der Waals surface area contributed by atoms with Crippen LogP contribution in [0.5, 0.6) is 0 Å². The molecule has 148 valence electrons. The quantitative estimate of drug-likeness (QED) is 0.513. The highest BCUT2D eigenvalue weighted by molar-refractivity contribution is 6.01. The Bertz CT molecular complexity index is 1180. The van der Waals surface area contributed by atoms with E-state index in [4.69, 9.17) is 9.72 Å². The summed E-state index contributed by atoms with van der Waals surface area (Å²) in [6.45, 7) is 2.51. The van der Waals surface area contributed by atoms with E-state index in [1.165, 1.54) is 12.1 Å². The van der Waals surface area contributed by atoms with Gasteiger partial charge in [0, 0.05) is 24.8 Å². The summed E-state index contributed by atoms with van der Waals surface area (Å²) in [5.41, 5.74) is 1.18. The number of benzene rings is 1. The topological polar surface area (TPSA) is 55.5 Å². The Kier molecular flexibility index (Phi) is 4.13. The van der Waals surface area contributed by atoms with Gasteiger partial charge in [-0.3, -0.25) is 0 Å². The molecular formula is C20H16F3N5O. The summed E-state index contributed by atoms with van der Waals surface area (Å²) in [4.78, 5) is 11.4. The molecule has 3 aromatic heterocycles. The molecule has 1 aromatic carbocycles. The van der Waals surface area contributed by atoms with Gasteiger partial charge in [-0.2, -0.15) is 13.2 Å². The molecule has 4 aromatic rings. The van der Waals surface area contributed by atoms with Gasteiger partial charge in [0.1, 0.15) is 5.82 Å². The summed E-state index contributed by atoms with van der Waals surface area (Å²) >= 11 is 0. The highest BCUT2D eigenvalue weighted by Gasteiger charge is 2.30. The standard InChI is InChI=1S/C20H16F3N5O/c21-20(22,23)14-6-4-13(5-7-14)17-24-18-16(15-3-1-2-8-28(15)26-18)19(25-17)27-9-11-29-12-10-27/h1-8H,9-12H2. The summed E-state index contributed by atoms with van der Waals surface area (Å²) in [5, 5.41) is 5.36. The van der Waals surface area contributed by atoms with Gasteiger partial charge in [-0.15, -0.1) is 5.10 Å². The van der Waals surface area contributed by atoms with Crippen LogP contribution in [0.3, 0.4) is 0 Å². The second-order valence-corrected chi connectivity index (χ2v) is 6.77. The Morgan fingerprint density at radius 3 is 2.41 bits per heavy atom. The van der Waals surface area contributed by atoms with E-state index in [1.54, 1.807) is 4.52 Å². The molecule has 1 aliphatic heterocycles. The SMILES string of the molecule is FC(F)(F)c1ccc(-c2nc(N3CCOCC3)c3c(n2)nn2ccccc32)cc1. The summed E-state index contributed by atoms with van der Waals surface area (Å²) < 4.78 is 45.9. The molecule has 0 saturated carbocycles. The molecule has 0 spiro atoms. The average molecular weight is 399 g/mol. The fraction of sp³-hybridized carbons (Fsp3) is 0.250. The minimum absolute atomic E-state index is 0.344. The number of anilines is 1. The first-order valence-electron chi connectivity index (χ1n) is 9.16. The molecule has 0 bridgehead atoms. The maximum absolute atomic E-state index is 12.9. The van der Waals surface area contributed by atoms with Crippen molar-refractivity contribution in [2.75, 3.05) is 31.2 Å². The summed E-state index contributed by atoms with van der Waals surface area (Å²) in [6, 6.07) is 10.6. The van der Waals surface area contributed by atoms with Crippen LogP contribution in [0.25, 0.3) is 27.9 Å². The van der Waals surface area contributed by atoms with Crippen LogP contribution in [0.1, 0.15) is 5.56 Å². The van der Waals surface area contributed by atoms with Crippen molar-refractivity contribution < 1.29 is 17.9 Å². The number of hydrogen-bond acceptors (Lipinski definition) is 5. The lowest BCUT2D eigenvalue weighted by Gasteiger charge is -2.28. The molecule has 0 aliphatic carbocycles. The van der Waals surface area contributed by atoms with Crippen LogP contribution in [0.15, 0.2) is 48.7 Å². The van der Waals surface area contributed by atoms with Gasteiger partial charge in [0.2, 0.25) is 0 Å². The summed E-state index contributed by atoms with van der Waals surface area (Å²) in [6.07, 6.45) is -2.55. The highest BCUT2D eigenvalue weighted by atomic mass is 19.4. The predicted octanol–water partition coefficient (Wildman–Crippen LogP) is 3.80. The maximum Gasteiger partial charge on any atom is 0.416 e. The van der Waals surface area contributed by atoms with Gasteiger partial charge < -0.3 is 9.64 Å². The fourth-order valence-corrected chi connectivity index (χ4v) is 3.50. The molecule has 9 heteroatoms. The van der Waals surface area contributed by atoms with Gasteiger partial charge in [0.25, 0.3) is 0 Å². The first-order chi connectivity index (χ1) is 14.0. The average Bonchev–Trinajstić information content (AvgIpc) is 3.12. The Hall–Kier alpha value is -3.20. The van der Waals surface area contributed by atoms with E-state index in [-0.39, 0.29) is 0 Å². The lowest BCUT2D eigenvalue weighted by molar-refractivity contribution is -0.137. The number of hydrogen-bond donors (Lipinski definition) is 0. The fourth-order valence-electron chi connectivity index (χ4n) is 3.50. The van der Waals surface area contributed by atoms with Crippen molar-refractivity contribution in [3.8, 4) is 11.4 Å². The Labute approximate surface area is 163 Å². The normalized spacial score (nSPS) is 15.3. The molecular weight excluding hydrogens is 383 g/mol. The van der Waals surface area contributed by atoms with E-state index in [0.29, 0.717) is 43.3 Å². The number of morpholine rings is 1. The molecule has 0 unspecified atom stereocenters. The molecule has 29 heavy (non-hydrogen) atoms. The third kappa shape index (κ3) is 3.17. The second-order valence-electron chi connectivity index (χ2n) is 6.77. The Morgan fingerprint density at radius 1 is 0.931 bits per heavy atom. The third-order valence-electron chi connectivity index (χ3n) is 4.95. The summed E-state index contributed by atoms with van der Waals surface area (Å²) in [7, 11) is 0. The zero-order valence-corrected chi connectivity index (χ0v) is 15.2. The van der Waals surface area contributed by atoms with E-state index in [1.807, 2.05) is 24.4 Å². The van der Waals surface area contributed by atoms with Crippen molar-refractivity contribution in [3.05, 3.63) is 54.2 Å². The first-order valence-corrected chi connectivity index (χ1v) is 9.16. The predicted molar refractivity (Wildman–Crippen MR) is 102 cm³/mol. The molecule has 1 saturated heterocycles. The van der Waals surface area contributed by atoms with Crippen molar-refractivity contribution in [3.63, 3.8) is 0 Å². The van der Waals surface area contributed by atoms with Crippen LogP contribution < -0.4 is 4.90 Å². The van der Waals surface area contributed by atoms with Crippen molar-refractivity contribution >= 4 is 22.4 Å². The number of ether oxygens (including phenoxy) is 1. The van der Waals surface area contributed by atoms with E-state index in [0.717, 1.165) is 28.9 Å². The maximum atomic E-state index is 12.9. The van der Waals surface area contributed by atoms with Crippen LogP contribution in [0.2, 0.25) is 0 Å². The van der Waals surface area contributed by atoms with E-state index < -0.39 is 11.7 Å². The van der Waals surface area contributed by atoms with Gasteiger partial charge in [-0.25, -0.2) is 14.5 Å². The molecule has 5 rings (SSSR count). The molecule has 0 amide bonds. The number of halogens is 3. The van der Waals surface area contributed by atoms with Crippen molar-refractivity contribution in [2.24, 2.45) is 0 Å².